The molecule has 0 amide bonds. The number of aromatic nitrogens is 1. The predicted octanol–water partition coefficient (Wildman–Crippen LogP) is 6.31. The van der Waals surface area contributed by atoms with E-state index in [1.165, 1.54) is 12.1 Å². The Kier molecular flexibility index (Phi) is 5.50. The second-order valence-electron chi connectivity index (χ2n) is 6.89. The lowest BCUT2D eigenvalue weighted by Gasteiger charge is -2.17. The smallest absolute Gasteiger partial charge is 0.411 e. The number of fused-ring (bicyclic) bond motifs is 1. The lowest BCUT2D eigenvalue weighted by atomic mass is 9.91. The highest BCUT2D eigenvalue weighted by atomic mass is 19.4. The fourth-order valence-corrected chi connectivity index (χ4v) is 3.67. The molecule has 0 aliphatic carbocycles. The summed E-state index contributed by atoms with van der Waals surface area (Å²) in [5, 5.41) is 13.6. The van der Waals surface area contributed by atoms with Crippen LogP contribution in [0.4, 0.5) is 13.2 Å². The molecule has 3 aromatic rings. The summed E-state index contributed by atoms with van der Waals surface area (Å²) >= 11 is 0. The van der Waals surface area contributed by atoms with Gasteiger partial charge < -0.3 is 9.94 Å². The third kappa shape index (κ3) is 4.18. The molecule has 0 unspecified atom stereocenters. The van der Waals surface area contributed by atoms with Gasteiger partial charge in [-0.2, -0.15) is 0 Å². The van der Waals surface area contributed by atoms with Crippen molar-refractivity contribution in [1.82, 2.24) is 4.98 Å². The second-order valence-corrected chi connectivity index (χ2v) is 6.89. The zero-order chi connectivity index (χ0) is 21.3. The number of para-hydroxylation sites is 1. The van der Waals surface area contributed by atoms with Crippen LogP contribution in [0.5, 0.6) is 5.75 Å². The number of benzene rings is 2. The summed E-state index contributed by atoms with van der Waals surface area (Å²) in [7, 11) is 0. The molecule has 4 nitrogen and oxygen atoms in total. The van der Waals surface area contributed by atoms with E-state index in [4.69, 9.17) is 0 Å². The molecule has 1 N–H and O–H groups in total. The van der Waals surface area contributed by atoms with E-state index in [1.54, 1.807) is 13.8 Å². The molecular formula is C22H21F3N2O2. The van der Waals surface area contributed by atoms with Crippen LogP contribution in [0.25, 0.3) is 22.0 Å². The minimum absolute atomic E-state index is 0.248. The Morgan fingerprint density at radius 1 is 1.10 bits per heavy atom. The Balaban J connectivity index is 2.26. The summed E-state index contributed by atoms with van der Waals surface area (Å²) < 4.78 is 41.9. The number of rotatable bonds is 4. The van der Waals surface area contributed by atoms with Crippen molar-refractivity contribution in [2.24, 2.45) is 5.16 Å². The molecule has 0 fully saturated rings. The van der Waals surface area contributed by atoms with Gasteiger partial charge in [-0.05, 0) is 62.1 Å². The van der Waals surface area contributed by atoms with Gasteiger partial charge in [0.05, 0.1) is 11.2 Å². The van der Waals surface area contributed by atoms with Crippen molar-refractivity contribution in [2.75, 3.05) is 0 Å². The molecule has 2 aromatic carbocycles. The van der Waals surface area contributed by atoms with Crippen LogP contribution in [0, 0.1) is 20.8 Å². The van der Waals surface area contributed by atoms with Gasteiger partial charge in [-0.15, -0.1) is 13.2 Å². The molecule has 1 heterocycles. The Morgan fingerprint density at radius 2 is 1.76 bits per heavy atom. The third-order valence-electron chi connectivity index (χ3n) is 4.74. The average molecular weight is 402 g/mol. The maximum atomic E-state index is 12.6. The van der Waals surface area contributed by atoms with E-state index in [0.717, 1.165) is 27.8 Å². The lowest BCUT2D eigenvalue weighted by Crippen LogP contribution is -2.17. The largest absolute Gasteiger partial charge is 0.573 e. The van der Waals surface area contributed by atoms with Crippen molar-refractivity contribution in [3.63, 3.8) is 0 Å². The molecule has 29 heavy (non-hydrogen) atoms. The van der Waals surface area contributed by atoms with Gasteiger partial charge in [0, 0.05) is 22.2 Å². The van der Waals surface area contributed by atoms with Crippen LogP contribution in [-0.4, -0.2) is 22.3 Å². The highest BCUT2D eigenvalue weighted by Gasteiger charge is 2.31. The molecule has 1 aromatic heterocycles. The summed E-state index contributed by atoms with van der Waals surface area (Å²) in [6, 6.07) is 10.3. The highest BCUT2D eigenvalue weighted by molar-refractivity contribution is 6.12. The van der Waals surface area contributed by atoms with Crippen LogP contribution < -0.4 is 4.74 Å². The summed E-state index contributed by atoms with van der Waals surface area (Å²) in [5.74, 6) is -0.248. The molecule has 0 aliphatic rings. The summed E-state index contributed by atoms with van der Waals surface area (Å²) in [6.45, 7) is 7.24. The number of aryl methyl sites for hydroxylation is 3. The van der Waals surface area contributed by atoms with Crippen molar-refractivity contribution in [3.05, 3.63) is 58.8 Å². The van der Waals surface area contributed by atoms with Crippen LogP contribution in [0.15, 0.2) is 41.6 Å². The van der Waals surface area contributed by atoms with Gasteiger partial charge in [0.15, 0.2) is 0 Å². The van der Waals surface area contributed by atoms with Crippen LogP contribution in [0.3, 0.4) is 0 Å². The topological polar surface area (TPSA) is 54.7 Å². The minimum atomic E-state index is -4.74. The number of alkyl halides is 3. The summed E-state index contributed by atoms with van der Waals surface area (Å²) in [4.78, 5) is 4.68. The Hall–Kier alpha value is -3.09. The molecular weight excluding hydrogens is 381 g/mol. The quantitative estimate of drug-likeness (QED) is 0.316. The third-order valence-corrected chi connectivity index (χ3v) is 4.74. The van der Waals surface area contributed by atoms with Gasteiger partial charge in [-0.3, -0.25) is 4.98 Å². The van der Waals surface area contributed by atoms with Gasteiger partial charge in [-0.1, -0.05) is 30.3 Å². The lowest BCUT2D eigenvalue weighted by molar-refractivity contribution is -0.274. The van der Waals surface area contributed by atoms with Gasteiger partial charge >= 0.3 is 6.36 Å². The average Bonchev–Trinajstić information content (AvgIpc) is 2.61. The van der Waals surface area contributed by atoms with Crippen molar-refractivity contribution < 1.29 is 23.1 Å². The molecule has 0 bridgehead atoms. The van der Waals surface area contributed by atoms with E-state index >= 15 is 0 Å². The van der Waals surface area contributed by atoms with Crippen LogP contribution >= 0.6 is 0 Å². The number of oxime groups is 1. The zero-order valence-corrected chi connectivity index (χ0v) is 16.6. The Morgan fingerprint density at radius 3 is 2.31 bits per heavy atom. The van der Waals surface area contributed by atoms with E-state index < -0.39 is 6.36 Å². The first-order chi connectivity index (χ1) is 13.6. The van der Waals surface area contributed by atoms with Crippen LogP contribution in [0.1, 0.15) is 35.7 Å². The molecule has 0 radical (unpaired) electrons. The predicted molar refractivity (Wildman–Crippen MR) is 107 cm³/mol. The van der Waals surface area contributed by atoms with E-state index in [0.29, 0.717) is 28.8 Å². The monoisotopic (exact) mass is 402 g/mol. The normalized spacial score (nSPS) is 12.4. The van der Waals surface area contributed by atoms with Gasteiger partial charge in [0.25, 0.3) is 0 Å². The number of pyridine rings is 1. The first-order valence-corrected chi connectivity index (χ1v) is 9.13. The van der Waals surface area contributed by atoms with E-state index in [9.17, 15) is 18.4 Å². The summed E-state index contributed by atoms with van der Waals surface area (Å²) in [5.41, 5.74) is 5.67. The van der Waals surface area contributed by atoms with Crippen LogP contribution in [-0.2, 0) is 0 Å². The second kappa shape index (κ2) is 7.73. The fourth-order valence-electron chi connectivity index (χ4n) is 3.67. The number of nitrogens with zero attached hydrogens (tertiary/aromatic N) is 2. The molecule has 7 heteroatoms. The van der Waals surface area contributed by atoms with E-state index in [1.807, 2.05) is 38.1 Å². The standard InChI is InChI=1S/C22H21F3N2O2/c1-5-19(27-28)18-11-14(4)26-21-16(18)7-6-8-17(21)20-12(2)9-15(10-13(20)3)29-22(23,24)25/h6-11,28H,5H2,1-4H3/b27-19-. The molecule has 0 atom stereocenters. The van der Waals surface area contributed by atoms with Gasteiger partial charge in [0.1, 0.15) is 5.75 Å². The molecule has 3 rings (SSSR count). The highest BCUT2D eigenvalue weighted by Crippen LogP contribution is 2.37. The van der Waals surface area contributed by atoms with E-state index in [2.05, 4.69) is 14.9 Å². The maximum absolute atomic E-state index is 12.6. The molecule has 0 saturated carbocycles. The first-order valence-electron chi connectivity index (χ1n) is 9.13. The van der Waals surface area contributed by atoms with Gasteiger partial charge in [0.2, 0.25) is 0 Å². The molecule has 0 aliphatic heterocycles. The number of halogens is 3. The minimum Gasteiger partial charge on any atom is -0.411 e. The van der Waals surface area contributed by atoms with Crippen molar-refractivity contribution in [2.45, 2.75) is 40.5 Å². The van der Waals surface area contributed by atoms with Crippen LogP contribution in [0.2, 0.25) is 0 Å². The van der Waals surface area contributed by atoms with Crippen molar-refractivity contribution in [1.29, 1.82) is 0 Å². The van der Waals surface area contributed by atoms with Crippen molar-refractivity contribution in [3.8, 4) is 16.9 Å². The summed E-state index contributed by atoms with van der Waals surface area (Å²) in [6.07, 6.45) is -4.20. The number of ether oxygens (including phenoxy) is 1. The van der Waals surface area contributed by atoms with E-state index in [-0.39, 0.29) is 5.75 Å². The fraction of sp³-hybridized carbons (Fsp3) is 0.273. The van der Waals surface area contributed by atoms with Gasteiger partial charge in [-0.25, -0.2) is 0 Å². The Labute approximate surface area is 166 Å². The molecule has 0 saturated heterocycles. The Bertz CT molecular complexity index is 1080. The SMILES string of the molecule is CC/C(=N/O)c1cc(C)nc2c(-c3c(C)cc(OC(F)(F)F)cc3C)cccc12. The zero-order valence-electron chi connectivity index (χ0n) is 16.6. The maximum Gasteiger partial charge on any atom is 0.573 e. The molecule has 152 valence electrons. The molecule has 0 spiro atoms. The first kappa shape index (κ1) is 20.6. The number of hydrogen-bond donors (Lipinski definition) is 1. The van der Waals surface area contributed by atoms with Crippen molar-refractivity contribution >= 4 is 16.6 Å². The number of hydrogen-bond acceptors (Lipinski definition) is 4.